The Kier molecular flexibility index (Phi) is 3.64. The molecule has 0 aliphatic rings. The van der Waals surface area contributed by atoms with Gasteiger partial charge in [-0.3, -0.25) is 0 Å². The second-order valence-corrected chi connectivity index (χ2v) is 5.95. The van der Waals surface area contributed by atoms with Crippen molar-refractivity contribution in [3.8, 4) is 5.69 Å². The number of nitrogen functional groups attached to an aromatic ring is 1. The molecule has 1 heterocycles. The highest BCUT2D eigenvalue weighted by Gasteiger charge is 2.12. The third-order valence-corrected chi connectivity index (χ3v) is 3.57. The molecule has 0 bridgehead atoms. The minimum atomic E-state index is 0.473. The molecule has 0 fully saturated rings. The maximum absolute atomic E-state index is 6.12. The summed E-state index contributed by atoms with van der Waals surface area (Å²) in [6, 6.07) is 7.52. The molecule has 17 heavy (non-hydrogen) atoms. The van der Waals surface area contributed by atoms with Crippen molar-refractivity contribution in [1.82, 2.24) is 9.78 Å². The van der Waals surface area contributed by atoms with Crippen molar-refractivity contribution < 1.29 is 0 Å². The first-order chi connectivity index (χ1) is 8.09. The lowest BCUT2D eigenvalue weighted by Gasteiger charge is -2.07. The lowest BCUT2D eigenvalue weighted by Crippen LogP contribution is -2.03. The SMILES string of the molecule is CC(C)Sc1cnn(-c2ccccc2Cl)c1N. The summed E-state index contributed by atoms with van der Waals surface area (Å²) in [4.78, 5) is 0.986. The van der Waals surface area contributed by atoms with E-state index in [0.717, 1.165) is 10.6 Å². The third-order valence-electron chi connectivity index (χ3n) is 2.21. The number of thioether (sulfide) groups is 1. The second kappa shape index (κ2) is 5.02. The number of nitrogens with two attached hydrogens (primary N) is 1. The quantitative estimate of drug-likeness (QED) is 0.864. The predicted octanol–water partition coefficient (Wildman–Crippen LogP) is 3.61. The minimum Gasteiger partial charge on any atom is -0.383 e. The summed E-state index contributed by atoms with van der Waals surface area (Å²) in [6.07, 6.45) is 1.78. The highest BCUT2D eigenvalue weighted by molar-refractivity contribution is 8.00. The summed E-state index contributed by atoms with van der Waals surface area (Å²) in [5, 5.41) is 5.40. The molecule has 5 heteroatoms. The highest BCUT2D eigenvalue weighted by Crippen LogP contribution is 2.31. The predicted molar refractivity (Wildman–Crippen MR) is 74.0 cm³/mol. The molecule has 1 aromatic carbocycles. The molecular formula is C12H14ClN3S. The summed E-state index contributed by atoms with van der Waals surface area (Å²) in [7, 11) is 0. The number of hydrogen-bond acceptors (Lipinski definition) is 3. The lowest BCUT2D eigenvalue weighted by atomic mass is 10.3. The Morgan fingerprint density at radius 2 is 2.06 bits per heavy atom. The molecule has 2 rings (SSSR count). The average molecular weight is 268 g/mol. The van der Waals surface area contributed by atoms with Crippen LogP contribution in [0.5, 0.6) is 0 Å². The van der Waals surface area contributed by atoms with Gasteiger partial charge in [0.15, 0.2) is 0 Å². The molecule has 2 N–H and O–H groups in total. The van der Waals surface area contributed by atoms with E-state index in [-0.39, 0.29) is 0 Å². The topological polar surface area (TPSA) is 43.8 Å². The first-order valence-corrected chi connectivity index (χ1v) is 6.60. The summed E-state index contributed by atoms with van der Waals surface area (Å²) < 4.78 is 1.67. The van der Waals surface area contributed by atoms with E-state index in [4.69, 9.17) is 17.3 Å². The van der Waals surface area contributed by atoms with E-state index < -0.39 is 0 Å². The van der Waals surface area contributed by atoms with E-state index in [1.54, 1.807) is 22.6 Å². The Hall–Kier alpha value is -1.13. The third kappa shape index (κ3) is 2.58. The van der Waals surface area contributed by atoms with E-state index in [1.807, 2.05) is 24.3 Å². The number of benzene rings is 1. The van der Waals surface area contributed by atoms with Gasteiger partial charge in [-0.15, -0.1) is 11.8 Å². The van der Waals surface area contributed by atoms with E-state index in [0.29, 0.717) is 16.1 Å². The molecule has 90 valence electrons. The van der Waals surface area contributed by atoms with Gasteiger partial charge in [0, 0.05) is 5.25 Å². The molecule has 3 nitrogen and oxygen atoms in total. The standard InChI is InChI=1S/C12H14ClN3S/c1-8(2)17-11-7-15-16(12(11)14)10-6-4-3-5-9(10)13/h3-8H,14H2,1-2H3. The Bertz CT molecular complexity index is 522. The Balaban J connectivity index is 2.41. The van der Waals surface area contributed by atoms with Crippen molar-refractivity contribution >= 4 is 29.2 Å². The van der Waals surface area contributed by atoms with Crippen LogP contribution in [0.3, 0.4) is 0 Å². The number of halogens is 1. The molecule has 1 aromatic heterocycles. The normalized spacial score (nSPS) is 11.1. The first-order valence-electron chi connectivity index (χ1n) is 5.34. The average Bonchev–Trinajstić information content (AvgIpc) is 2.61. The first kappa shape index (κ1) is 12.3. The van der Waals surface area contributed by atoms with Gasteiger partial charge in [-0.05, 0) is 12.1 Å². The van der Waals surface area contributed by atoms with Crippen LogP contribution in [0.25, 0.3) is 5.69 Å². The van der Waals surface area contributed by atoms with Crippen LogP contribution in [0, 0.1) is 0 Å². The van der Waals surface area contributed by atoms with Gasteiger partial charge in [0.2, 0.25) is 0 Å². The van der Waals surface area contributed by atoms with E-state index >= 15 is 0 Å². The Labute approximate surface area is 110 Å². The van der Waals surface area contributed by atoms with Gasteiger partial charge in [0.1, 0.15) is 5.82 Å². The molecule has 0 spiro atoms. The molecule has 0 unspecified atom stereocenters. The van der Waals surface area contributed by atoms with Crippen molar-refractivity contribution in [1.29, 1.82) is 0 Å². The second-order valence-electron chi connectivity index (χ2n) is 3.92. The van der Waals surface area contributed by atoms with Gasteiger partial charge in [-0.25, -0.2) is 4.68 Å². The van der Waals surface area contributed by atoms with Crippen LogP contribution in [0.15, 0.2) is 35.4 Å². The number of nitrogens with zero attached hydrogens (tertiary/aromatic N) is 2. The van der Waals surface area contributed by atoms with E-state index in [9.17, 15) is 0 Å². The molecule has 0 atom stereocenters. The van der Waals surface area contributed by atoms with Crippen LogP contribution in [0.1, 0.15) is 13.8 Å². The zero-order chi connectivity index (χ0) is 12.4. The summed E-state index contributed by atoms with van der Waals surface area (Å²) in [6.45, 7) is 4.24. The zero-order valence-corrected chi connectivity index (χ0v) is 11.3. The van der Waals surface area contributed by atoms with Crippen molar-refractivity contribution in [2.24, 2.45) is 0 Å². The van der Waals surface area contributed by atoms with Crippen LogP contribution < -0.4 is 5.73 Å². The number of rotatable bonds is 3. The zero-order valence-electron chi connectivity index (χ0n) is 9.72. The van der Waals surface area contributed by atoms with Crippen molar-refractivity contribution in [3.63, 3.8) is 0 Å². The van der Waals surface area contributed by atoms with Crippen LogP contribution in [0.4, 0.5) is 5.82 Å². The maximum Gasteiger partial charge on any atom is 0.141 e. The number of aromatic nitrogens is 2. The van der Waals surface area contributed by atoms with Crippen LogP contribution >= 0.6 is 23.4 Å². The van der Waals surface area contributed by atoms with Crippen molar-refractivity contribution in [2.75, 3.05) is 5.73 Å². The molecule has 0 amide bonds. The Morgan fingerprint density at radius 3 is 2.71 bits per heavy atom. The van der Waals surface area contributed by atoms with Gasteiger partial charge in [-0.1, -0.05) is 37.6 Å². The van der Waals surface area contributed by atoms with Gasteiger partial charge in [0.25, 0.3) is 0 Å². The molecule has 0 aliphatic carbocycles. The van der Waals surface area contributed by atoms with Crippen molar-refractivity contribution in [2.45, 2.75) is 24.0 Å². The van der Waals surface area contributed by atoms with Gasteiger partial charge >= 0.3 is 0 Å². The van der Waals surface area contributed by atoms with Gasteiger partial charge in [0.05, 0.1) is 21.8 Å². The molecule has 0 aliphatic heterocycles. The summed E-state index contributed by atoms with van der Waals surface area (Å²) >= 11 is 7.82. The molecule has 0 saturated carbocycles. The molecule has 2 aromatic rings. The van der Waals surface area contributed by atoms with E-state index in [1.165, 1.54) is 0 Å². The Morgan fingerprint density at radius 1 is 1.35 bits per heavy atom. The summed E-state index contributed by atoms with van der Waals surface area (Å²) in [5.41, 5.74) is 6.88. The number of hydrogen-bond donors (Lipinski definition) is 1. The lowest BCUT2D eigenvalue weighted by molar-refractivity contribution is 0.891. The fourth-order valence-corrected chi connectivity index (χ4v) is 2.54. The monoisotopic (exact) mass is 267 g/mol. The van der Waals surface area contributed by atoms with Gasteiger partial charge in [-0.2, -0.15) is 5.10 Å². The fraction of sp³-hybridized carbons (Fsp3) is 0.250. The smallest absolute Gasteiger partial charge is 0.141 e. The number of para-hydroxylation sites is 1. The fourth-order valence-electron chi connectivity index (χ4n) is 1.50. The number of anilines is 1. The van der Waals surface area contributed by atoms with Crippen molar-refractivity contribution in [3.05, 3.63) is 35.5 Å². The maximum atomic E-state index is 6.12. The highest BCUT2D eigenvalue weighted by atomic mass is 35.5. The van der Waals surface area contributed by atoms with Crippen LogP contribution in [-0.4, -0.2) is 15.0 Å². The summed E-state index contributed by atoms with van der Waals surface area (Å²) in [5.74, 6) is 0.636. The van der Waals surface area contributed by atoms with Crippen LogP contribution in [-0.2, 0) is 0 Å². The van der Waals surface area contributed by atoms with E-state index in [2.05, 4.69) is 18.9 Å². The minimum absolute atomic E-state index is 0.473. The van der Waals surface area contributed by atoms with Crippen LogP contribution in [0.2, 0.25) is 5.02 Å². The molecular weight excluding hydrogens is 254 g/mol. The largest absolute Gasteiger partial charge is 0.383 e. The molecule has 0 saturated heterocycles. The van der Waals surface area contributed by atoms with Gasteiger partial charge < -0.3 is 5.73 Å². The molecule has 0 radical (unpaired) electrons.